The van der Waals surface area contributed by atoms with Gasteiger partial charge in [0.1, 0.15) is 5.75 Å². The van der Waals surface area contributed by atoms with Crippen LogP contribution in [0, 0.1) is 0 Å². The van der Waals surface area contributed by atoms with Crippen LogP contribution in [-0.4, -0.2) is 56.5 Å². The number of hydrogen-bond donors (Lipinski definition) is 0. The second-order valence-electron chi connectivity index (χ2n) is 5.98. The Balaban J connectivity index is 2.00. The lowest BCUT2D eigenvalue weighted by atomic mass is 10.0. The number of carbonyl (C=O) groups is 2. The smallest absolute Gasteiger partial charge is 0.333 e. The summed E-state index contributed by atoms with van der Waals surface area (Å²) in [5, 5.41) is 0. The highest BCUT2D eigenvalue weighted by atomic mass is 16.7. The van der Waals surface area contributed by atoms with Crippen LogP contribution in [0.5, 0.6) is 5.75 Å². The Hall–Kier alpha value is -2.12. The van der Waals surface area contributed by atoms with E-state index in [1.165, 1.54) is 7.11 Å². The molecule has 1 amide bonds. The first-order chi connectivity index (χ1) is 12.2. The third kappa shape index (κ3) is 3.34. The summed E-state index contributed by atoms with van der Waals surface area (Å²) in [4.78, 5) is 27.4. The average Bonchev–Trinajstić information content (AvgIpc) is 2.94. The van der Waals surface area contributed by atoms with Crippen LogP contribution in [0.4, 0.5) is 0 Å². The molecule has 2 aliphatic rings. The third-order valence-electron chi connectivity index (χ3n) is 4.51. The summed E-state index contributed by atoms with van der Waals surface area (Å²) in [6, 6.07) is 4.48. The van der Waals surface area contributed by atoms with E-state index in [-0.39, 0.29) is 25.3 Å². The summed E-state index contributed by atoms with van der Waals surface area (Å²) >= 11 is 0. The van der Waals surface area contributed by atoms with Crippen molar-refractivity contribution in [1.29, 1.82) is 0 Å². The van der Waals surface area contributed by atoms with Gasteiger partial charge >= 0.3 is 5.97 Å². The molecule has 3 rings (SSSR count). The van der Waals surface area contributed by atoms with Crippen molar-refractivity contribution >= 4 is 11.9 Å². The Bertz CT molecular complexity index is 640. The number of esters is 1. The highest BCUT2D eigenvalue weighted by Gasteiger charge is 2.47. The monoisotopic (exact) mass is 349 g/mol. The molecule has 0 saturated carbocycles. The van der Waals surface area contributed by atoms with E-state index in [4.69, 9.17) is 18.9 Å². The van der Waals surface area contributed by atoms with Crippen molar-refractivity contribution in [2.45, 2.75) is 31.8 Å². The van der Waals surface area contributed by atoms with Crippen molar-refractivity contribution in [2.24, 2.45) is 0 Å². The Labute approximate surface area is 146 Å². The molecule has 1 fully saturated rings. The number of rotatable bonds is 6. The molecule has 1 aromatic rings. The second-order valence-corrected chi connectivity index (χ2v) is 5.98. The molecule has 1 aromatic carbocycles. The van der Waals surface area contributed by atoms with Crippen LogP contribution in [0.2, 0.25) is 0 Å². The van der Waals surface area contributed by atoms with E-state index in [2.05, 4.69) is 0 Å². The summed E-state index contributed by atoms with van der Waals surface area (Å²) in [6.45, 7) is 3.21. The van der Waals surface area contributed by atoms with Crippen molar-refractivity contribution in [3.8, 4) is 5.75 Å². The molecule has 25 heavy (non-hydrogen) atoms. The van der Waals surface area contributed by atoms with E-state index in [0.29, 0.717) is 42.9 Å². The lowest BCUT2D eigenvalue weighted by Gasteiger charge is -2.34. The molecule has 0 N–H and O–H groups in total. The third-order valence-corrected chi connectivity index (χ3v) is 4.51. The van der Waals surface area contributed by atoms with Gasteiger partial charge in [0.25, 0.3) is 5.91 Å². The molecule has 1 atom stereocenters. The number of benzene rings is 1. The van der Waals surface area contributed by atoms with Gasteiger partial charge in [0.2, 0.25) is 0 Å². The summed E-state index contributed by atoms with van der Waals surface area (Å²) < 4.78 is 21.1. The predicted octanol–water partition coefficient (Wildman–Crippen LogP) is 1.91. The fraction of sp³-hybridized carbons (Fsp3) is 0.556. The van der Waals surface area contributed by atoms with Crippen molar-refractivity contribution in [1.82, 2.24) is 4.90 Å². The number of hydrogen-bond acceptors (Lipinski definition) is 6. The summed E-state index contributed by atoms with van der Waals surface area (Å²) in [7, 11) is 1.51. The zero-order valence-electron chi connectivity index (χ0n) is 14.5. The molecule has 7 heteroatoms. The van der Waals surface area contributed by atoms with Crippen LogP contribution >= 0.6 is 0 Å². The minimum atomic E-state index is -0.739. The number of ether oxygens (including phenoxy) is 4. The maximum absolute atomic E-state index is 13.2. The lowest BCUT2D eigenvalue weighted by Crippen LogP contribution is -2.44. The molecule has 0 bridgehead atoms. The van der Waals surface area contributed by atoms with Gasteiger partial charge in [-0.15, -0.1) is 0 Å². The summed E-state index contributed by atoms with van der Waals surface area (Å²) in [6.07, 6.45) is 1.40. The van der Waals surface area contributed by atoms with Gasteiger partial charge in [-0.2, -0.15) is 0 Å². The zero-order valence-corrected chi connectivity index (χ0v) is 14.5. The van der Waals surface area contributed by atoms with E-state index in [0.717, 1.165) is 0 Å². The molecule has 2 heterocycles. The van der Waals surface area contributed by atoms with Gasteiger partial charge in [0.05, 0.1) is 12.2 Å². The SMILES string of the molecule is CCOC(=O)C1c2cccc(OCOC)c2C(=O)N1C1CCOCC1. The van der Waals surface area contributed by atoms with Gasteiger partial charge in [0.15, 0.2) is 12.8 Å². The quantitative estimate of drug-likeness (QED) is 0.577. The van der Waals surface area contributed by atoms with Crippen LogP contribution in [0.1, 0.15) is 41.7 Å². The largest absolute Gasteiger partial charge is 0.467 e. The zero-order chi connectivity index (χ0) is 17.8. The second kappa shape index (κ2) is 7.84. The number of amides is 1. The van der Waals surface area contributed by atoms with Crippen LogP contribution in [0.25, 0.3) is 0 Å². The lowest BCUT2D eigenvalue weighted by molar-refractivity contribution is -0.149. The van der Waals surface area contributed by atoms with Gasteiger partial charge in [-0.1, -0.05) is 12.1 Å². The predicted molar refractivity (Wildman–Crippen MR) is 88.3 cm³/mol. The Morgan fingerprint density at radius 3 is 2.76 bits per heavy atom. The fourth-order valence-corrected chi connectivity index (χ4v) is 3.45. The molecule has 1 unspecified atom stereocenters. The maximum atomic E-state index is 13.2. The summed E-state index contributed by atoms with van der Waals surface area (Å²) in [5.41, 5.74) is 1.05. The number of fused-ring (bicyclic) bond motifs is 1. The maximum Gasteiger partial charge on any atom is 0.333 e. The van der Waals surface area contributed by atoms with Crippen LogP contribution in [0.15, 0.2) is 18.2 Å². The molecule has 7 nitrogen and oxygen atoms in total. The molecule has 0 spiro atoms. The molecular formula is C18H23NO6. The van der Waals surface area contributed by atoms with Gasteiger partial charge in [0, 0.05) is 31.9 Å². The molecule has 2 aliphatic heterocycles. The standard InChI is InChI=1S/C18H23NO6/c1-3-24-18(21)16-13-5-4-6-14(25-11-22-2)15(13)17(20)19(16)12-7-9-23-10-8-12/h4-6,12,16H,3,7-11H2,1-2H3. The van der Waals surface area contributed by atoms with E-state index in [9.17, 15) is 9.59 Å². The molecular weight excluding hydrogens is 326 g/mol. The molecule has 136 valence electrons. The fourth-order valence-electron chi connectivity index (χ4n) is 3.45. The minimum Gasteiger partial charge on any atom is -0.467 e. The van der Waals surface area contributed by atoms with Crippen LogP contribution < -0.4 is 4.74 Å². The Morgan fingerprint density at radius 2 is 2.08 bits per heavy atom. The van der Waals surface area contributed by atoms with Crippen LogP contribution in [-0.2, 0) is 19.0 Å². The highest BCUT2D eigenvalue weighted by Crippen LogP contribution is 2.42. The first kappa shape index (κ1) is 17.7. The van der Waals surface area contributed by atoms with E-state index in [1.807, 2.05) is 0 Å². The van der Waals surface area contributed by atoms with Gasteiger partial charge in [-0.05, 0) is 25.8 Å². The van der Waals surface area contributed by atoms with Crippen molar-refractivity contribution in [2.75, 3.05) is 33.7 Å². The number of carbonyl (C=O) groups excluding carboxylic acids is 2. The normalized spacial score (nSPS) is 20.5. The molecule has 1 saturated heterocycles. The van der Waals surface area contributed by atoms with Crippen molar-refractivity contribution in [3.63, 3.8) is 0 Å². The molecule has 0 radical (unpaired) electrons. The average molecular weight is 349 g/mol. The topological polar surface area (TPSA) is 74.3 Å². The Kier molecular flexibility index (Phi) is 5.55. The number of nitrogens with zero attached hydrogens (tertiary/aromatic N) is 1. The first-order valence-electron chi connectivity index (χ1n) is 8.50. The van der Waals surface area contributed by atoms with Crippen molar-refractivity contribution < 1.29 is 28.5 Å². The highest BCUT2D eigenvalue weighted by molar-refractivity contribution is 6.06. The summed E-state index contributed by atoms with van der Waals surface area (Å²) in [5.74, 6) is -0.190. The molecule has 0 aliphatic carbocycles. The number of methoxy groups -OCH3 is 1. The van der Waals surface area contributed by atoms with E-state index >= 15 is 0 Å². The van der Waals surface area contributed by atoms with Crippen molar-refractivity contribution in [3.05, 3.63) is 29.3 Å². The van der Waals surface area contributed by atoms with Gasteiger partial charge < -0.3 is 23.8 Å². The van der Waals surface area contributed by atoms with Crippen LogP contribution in [0.3, 0.4) is 0 Å². The minimum absolute atomic E-state index is 0.0328. The van der Waals surface area contributed by atoms with Gasteiger partial charge in [-0.25, -0.2) is 4.79 Å². The Morgan fingerprint density at radius 1 is 1.32 bits per heavy atom. The first-order valence-corrected chi connectivity index (χ1v) is 8.50. The van der Waals surface area contributed by atoms with E-state index < -0.39 is 12.0 Å². The van der Waals surface area contributed by atoms with Gasteiger partial charge in [-0.3, -0.25) is 4.79 Å². The molecule has 0 aromatic heterocycles. The van der Waals surface area contributed by atoms with E-state index in [1.54, 1.807) is 30.0 Å².